The molecule has 0 amide bonds. The minimum Gasteiger partial charge on any atom is -0.385 e. The summed E-state index contributed by atoms with van der Waals surface area (Å²) in [7, 11) is 2.09. The van der Waals surface area contributed by atoms with Gasteiger partial charge in [-0.2, -0.15) is 5.10 Å². The van der Waals surface area contributed by atoms with Crippen LogP contribution in [0.4, 0.5) is 0 Å². The van der Waals surface area contributed by atoms with E-state index >= 15 is 0 Å². The molecule has 1 saturated heterocycles. The van der Waals surface area contributed by atoms with Gasteiger partial charge in [0, 0.05) is 12.5 Å². The van der Waals surface area contributed by atoms with Gasteiger partial charge in [0.2, 0.25) is 0 Å². The first-order chi connectivity index (χ1) is 5.24. The summed E-state index contributed by atoms with van der Waals surface area (Å²) in [5.74, 6) is 6.06. The van der Waals surface area contributed by atoms with Gasteiger partial charge < -0.3 is 16.5 Å². The minimum absolute atomic E-state index is 0.374. The Morgan fingerprint density at radius 2 is 2.36 bits per heavy atom. The van der Waals surface area contributed by atoms with Crippen molar-refractivity contribution >= 4 is 5.84 Å². The lowest BCUT2D eigenvalue weighted by molar-refractivity contribution is 0.246. The summed E-state index contributed by atoms with van der Waals surface area (Å²) in [4.78, 5) is 2.26. The summed E-state index contributed by atoms with van der Waals surface area (Å²) in [5.41, 5.74) is 5.61. The molecular formula is C7H16N4. The van der Waals surface area contributed by atoms with Gasteiger partial charge in [0.1, 0.15) is 5.84 Å². The maximum absolute atomic E-state index is 5.61. The molecule has 4 heteroatoms. The normalized spacial score (nSPS) is 28.8. The molecule has 0 aliphatic carbocycles. The van der Waals surface area contributed by atoms with Crippen LogP contribution in [-0.4, -0.2) is 30.9 Å². The first-order valence-corrected chi connectivity index (χ1v) is 3.96. The van der Waals surface area contributed by atoms with Crippen LogP contribution in [0, 0.1) is 5.92 Å². The molecule has 1 fully saturated rings. The second-order valence-corrected chi connectivity index (χ2v) is 3.16. The van der Waals surface area contributed by atoms with Gasteiger partial charge in [-0.05, 0) is 26.4 Å². The average molecular weight is 156 g/mol. The van der Waals surface area contributed by atoms with Crippen molar-refractivity contribution < 1.29 is 0 Å². The highest BCUT2D eigenvalue weighted by molar-refractivity contribution is 5.82. The van der Waals surface area contributed by atoms with E-state index < -0.39 is 0 Å². The molecule has 0 saturated carbocycles. The van der Waals surface area contributed by atoms with Crippen LogP contribution in [0.3, 0.4) is 0 Å². The van der Waals surface area contributed by atoms with Crippen LogP contribution < -0.4 is 11.6 Å². The van der Waals surface area contributed by atoms with E-state index in [1.165, 1.54) is 6.42 Å². The van der Waals surface area contributed by atoms with Gasteiger partial charge in [0.25, 0.3) is 0 Å². The van der Waals surface area contributed by atoms with Gasteiger partial charge in [-0.25, -0.2) is 0 Å². The van der Waals surface area contributed by atoms with Crippen molar-refractivity contribution in [3.05, 3.63) is 0 Å². The van der Waals surface area contributed by atoms with Crippen LogP contribution >= 0.6 is 0 Å². The summed E-state index contributed by atoms with van der Waals surface area (Å²) in [6, 6.07) is 0. The highest BCUT2D eigenvalue weighted by Crippen LogP contribution is 2.14. The van der Waals surface area contributed by atoms with Crippen molar-refractivity contribution in [1.82, 2.24) is 4.90 Å². The molecule has 1 atom stereocenters. The summed E-state index contributed by atoms with van der Waals surface area (Å²) >= 11 is 0. The van der Waals surface area contributed by atoms with Crippen molar-refractivity contribution in [2.24, 2.45) is 22.6 Å². The molecule has 64 valence electrons. The molecular weight excluding hydrogens is 140 g/mol. The molecule has 0 aromatic heterocycles. The molecule has 0 aromatic carbocycles. The summed E-state index contributed by atoms with van der Waals surface area (Å²) in [6.45, 7) is 2.15. The number of hydrogen-bond acceptors (Lipinski definition) is 3. The zero-order valence-corrected chi connectivity index (χ0v) is 6.95. The molecule has 4 N–H and O–H groups in total. The van der Waals surface area contributed by atoms with E-state index in [2.05, 4.69) is 17.0 Å². The van der Waals surface area contributed by atoms with E-state index in [0.717, 1.165) is 19.5 Å². The van der Waals surface area contributed by atoms with Gasteiger partial charge in [0.15, 0.2) is 0 Å². The van der Waals surface area contributed by atoms with Crippen LogP contribution in [0.5, 0.6) is 0 Å². The molecule has 1 unspecified atom stereocenters. The quantitative estimate of drug-likeness (QED) is 0.234. The Morgan fingerprint density at radius 1 is 1.64 bits per heavy atom. The lowest BCUT2D eigenvalue weighted by Gasteiger charge is -2.28. The van der Waals surface area contributed by atoms with Crippen molar-refractivity contribution in [2.45, 2.75) is 12.8 Å². The van der Waals surface area contributed by atoms with Crippen molar-refractivity contribution in [1.29, 1.82) is 0 Å². The average Bonchev–Trinajstić information content (AvgIpc) is 2.03. The molecule has 0 aromatic rings. The third-order valence-corrected chi connectivity index (χ3v) is 2.19. The number of hydrogen-bond donors (Lipinski definition) is 2. The van der Waals surface area contributed by atoms with Crippen molar-refractivity contribution in [3.8, 4) is 0 Å². The Balaban J connectivity index is 2.46. The van der Waals surface area contributed by atoms with Gasteiger partial charge >= 0.3 is 0 Å². The lowest BCUT2D eigenvalue weighted by Crippen LogP contribution is -2.39. The Kier molecular flexibility index (Phi) is 2.70. The smallest absolute Gasteiger partial charge is 0.123 e. The minimum atomic E-state index is 0.374. The molecule has 1 heterocycles. The Labute approximate surface area is 67.2 Å². The van der Waals surface area contributed by atoms with E-state index in [0.29, 0.717) is 11.8 Å². The van der Waals surface area contributed by atoms with Gasteiger partial charge in [-0.1, -0.05) is 0 Å². The zero-order valence-electron chi connectivity index (χ0n) is 6.95. The van der Waals surface area contributed by atoms with Crippen LogP contribution in [-0.2, 0) is 0 Å². The Bertz CT molecular complexity index is 155. The Morgan fingerprint density at radius 3 is 2.91 bits per heavy atom. The number of piperidine rings is 1. The van der Waals surface area contributed by atoms with Crippen LogP contribution in [0.1, 0.15) is 12.8 Å². The second-order valence-electron chi connectivity index (χ2n) is 3.16. The molecule has 4 nitrogen and oxygen atoms in total. The van der Waals surface area contributed by atoms with E-state index in [9.17, 15) is 0 Å². The number of hydrazone groups is 1. The fraction of sp³-hybridized carbons (Fsp3) is 0.857. The van der Waals surface area contributed by atoms with Gasteiger partial charge in [-0.3, -0.25) is 0 Å². The van der Waals surface area contributed by atoms with Crippen LogP contribution in [0.2, 0.25) is 0 Å². The second kappa shape index (κ2) is 3.57. The SMILES string of the molecule is CN1CCCC(/C(N)=N/N)C1. The maximum atomic E-state index is 5.61. The predicted molar refractivity (Wildman–Crippen MR) is 46.0 cm³/mol. The van der Waals surface area contributed by atoms with Crippen LogP contribution in [0.25, 0.3) is 0 Å². The molecule has 0 spiro atoms. The van der Waals surface area contributed by atoms with Crippen molar-refractivity contribution in [2.75, 3.05) is 20.1 Å². The highest BCUT2D eigenvalue weighted by atomic mass is 15.2. The molecule has 0 radical (unpaired) electrons. The fourth-order valence-electron chi connectivity index (χ4n) is 1.51. The molecule has 0 bridgehead atoms. The standard InChI is InChI=1S/C7H16N4/c1-11-4-2-3-6(5-11)7(8)10-9/h6H,2-5,9H2,1H3,(H2,8,10). The summed E-state index contributed by atoms with van der Waals surface area (Å²) < 4.78 is 0. The highest BCUT2D eigenvalue weighted by Gasteiger charge is 2.19. The molecule has 1 aliphatic heterocycles. The van der Waals surface area contributed by atoms with Gasteiger partial charge in [0.05, 0.1) is 0 Å². The van der Waals surface area contributed by atoms with E-state index in [4.69, 9.17) is 11.6 Å². The van der Waals surface area contributed by atoms with Crippen LogP contribution in [0.15, 0.2) is 5.10 Å². The number of nitrogens with two attached hydrogens (primary N) is 2. The number of amidine groups is 1. The third-order valence-electron chi connectivity index (χ3n) is 2.19. The van der Waals surface area contributed by atoms with E-state index in [-0.39, 0.29) is 0 Å². The Hall–Kier alpha value is -0.770. The monoisotopic (exact) mass is 156 g/mol. The fourth-order valence-corrected chi connectivity index (χ4v) is 1.51. The lowest BCUT2D eigenvalue weighted by atomic mass is 9.98. The topological polar surface area (TPSA) is 67.6 Å². The molecule has 11 heavy (non-hydrogen) atoms. The molecule has 1 rings (SSSR count). The molecule has 1 aliphatic rings. The first kappa shape index (κ1) is 8.33. The van der Waals surface area contributed by atoms with Gasteiger partial charge in [-0.15, -0.1) is 0 Å². The predicted octanol–water partition coefficient (Wildman–Crippen LogP) is -0.441. The summed E-state index contributed by atoms with van der Waals surface area (Å²) in [5, 5.41) is 3.51. The largest absolute Gasteiger partial charge is 0.385 e. The number of nitrogens with zero attached hydrogens (tertiary/aromatic N) is 2. The number of rotatable bonds is 1. The summed E-state index contributed by atoms with van der Waals surface area (Å²) in [6.07, 6.45) is 2.31. The van der Waals surface area contributed by atoms with E-state index in [1.807, 2.05) is 0 Å². The van der Waals surface area contributed by atoms with E-state index in [1.54, 1.807) is 0 Å². The zero-order chi connectivity index (χ0) is 8.27. The third kappa shape index (κ3) is 2.08. The first-order valence-electron chi connectivity index (χ1n) is 3.96. The number of likely N-dealkylation sites (tertiary alicyclic amines) is 1. The maximum Gasteiger partial charge on any atom is 0.123 e. The van der Waals surface area contributed by atoms with Crippen molar-refractivity contribution in [3.63, 3.8) is 0 Å².